The van der Waals surface area contributed by atoms with Crippen LogP contribution < -0.4 is 10.1 Å². The lowest BCUT2D eigenvalue weighted by Crippen LogP contribution is -2.14. The highest BCUT2D eigenvalue weighted by atomic mass is 32.2. The Morgan fingerprint density at radius 2 is 1.71 bits per heavy atom. The van der Waals surface area contributed by atoms with Crippen molar-refractivity contribution in [3.63, 3.8) is 0 Å². The molecule has 0 bridgehead atoms. The summed E-state index contributed by atoms with van der Waals surface area (Å²) in [6, 6.07) is 14.6. The molecule has 0 aliphatic rings. The van der Waals surface area contributed by atoms with Crippen molar-refractivity contribution in [1.29, 1.82) is 0 Å². The molecule has 0 unspecified atom stereocenters. The fourth-order valence-corrected chi connectivity index (χ4v) is 3.79. The highest BCUT2D eigenvalue weighted by molar-refractivity contribution is 7.91. The summed E-state index contributed by atoms with van der Waals surface area (Å²) in [4.78, 5) is 16.6. The molecule has 0 saturated heterocycles. The molecule has 1 aromatic heterocycles. The minimum absolute atomic E-state index is 0.105. The van der Waals surface area contributed by atoms with Gasteiger partial charge in [0.05, 0.1) is 17.6 Å². The van der Waals surface area contributed by atoms with Crippen LogP contribution in [0.5, 0.6) is 5.75 Å². The van der Waals surface area contributed by atoms with Crippen molar-refractivity contribution in [2.24, 2.45) is 0 Å². The molecule has 0 aliphatic carbocycles. The van der Waals surface area contributed by atoms with Gasteiger partial charge in [-0.25, -0.2) is 13.4 Å². The van der Waals surface area contributed by atoms with Gasteiger partial charge in [-0.2, -0.15) is 0 Å². The second-order valence-electron chi connectivity index (χ2n) is 6.34. The molecule has 1 N–H and O–H groups in total. The number of amides is 1. The van der Waals surface area contributed by atoms with E-state index in [1.54, 1.807) is 12.1 Å². The average Bonchev–Trinajstić information content (AvgIpc) is 2.71. The molecule has 1 amide bonds. The number of hydrogen-bond acceptors (Lipinski definition) is 5. The van der Waals surface area contributed by atoms with Crippen LogP contribution in [0.25, 0.3) is 0 Å². The summed E-state index contributed by atoms with van der Waals surface area (Å²) >= 11 is 0. The van der Waals surface area contributed by atoms with E-state index in [-0.39, 0.29) is 21.4 Å². The lowest BCUT2D eigenvalue weighted by atomic mass is 10.1. The quantitative estimate of drug-likeness (QED) is 0.709. The maximum absolute atomic E-state index is 12.7. The number of hydrogen-bond donors (Lipinski definition) is 1. The van der Waals surface area contributed by atoms with Gasteiger partial charge >= 0.3 is 0 Å². The third kappa shape index (κ3) is 4.04. The zero-order valence-corrected chi connectivity index (χ0v) is 16.6. The van der Waals surface area contributed by atoms with Crippen LogP contribution >= 0.6 is 0 Å². The Hall–Kier alpha value is -3.19. The number of anilines is 1. The van der Waals surface area contributed by atoms with E-state index in [1.165, 1.54) is 37.6 Å². The standard InChI is InChI=1S/C21H20N2O4S/c1-14-4-5-15(2)19(12-14)23-21(24)16-6-11-20(22-13-16)28(25,26)18-9-7-17(27-3)8-10-18/h4-13H,1-3H3,(H,23,24). The molecule has 0 atom stereocenters. The second kappa shape index (κ2) is 7.82. The van der Waals surface area contributed by atoms with Gasteiger partial charge in [-0.3, -0.25) is 4.79 Å². The molecule has 0 saturated carbocycles. The summed E-state index contributed by atoms with van der Waals surface area (Å²) in [5, 5.41) is 2.70. The third-order valence-electron chi connectivity index (χ3n) is 4.28. The molecule has 7 heteroatoms. The Morgan fingerprint density at radius 1 is 1.00 bits per heavy atom. The molecule has 3 rings (SSSR count). The number of ether oxygens (including phenoxy) is 1. The summed E-state index contributed by atoms with van der Waals surface area (Å²) < 4.78 is 30.4. The average molecular weight is 396 g/mol. The van der Waals surface area contributed by atoms with Crippen molar-refractivity contribution >= 4 is 21.4 Å². The lowest BCUT2D eigenvalue weighted by Gasteiger charge is -2.10. The number of benzene rings is 2. The Bertz CT molecular complexity index is 1110. The van der Waals surface area contributed by atoms with Crippen LogP contribution in [0.1, 0.15) is 21.5 Å². The fraction of sp³-hybridized carbons (Fsp3) is 0.143. The Morgan fingerprint density at radius 3 is 2.32 bits per heavy atom. The zero-order chi connectivity index (χ0) is 20.3. The van der Waals surface area contributed by atoms with Gasteiger partial charge in [-0.1, -0.05) is 12.1 Å². The molecular weight excluding hydrogens is 376 g/mol. The normalized spacial score (nSPS) is 11.1. The molecule has 28 heavy (non-hydrogen) atoms. The maximum atomic E-state index is 12.7. The number of aryl methyl sites for hydroxylation is 2. The van der Waals surface area contributed by atoms with Crippen LogP contribution in [0.3, 0.4) is 0 Å². The summed E-state index contributed by atoms with van der Waals surface area (Å²) in [5.41, 5.74) is 2.94. The summed E-state index contributed by atoms with van der Waals surface area (Å²) in [6.45, 7) is 3.84. The van der Waals surface area contributed by atoms with E-state index in [2.05, 4.69) is 10.3 Å². The third-order valence-corrected chi connectivity index (χ3v) is 5.97. The van der Waals surface area contributed by atoms with E-state index in [1.807, 2.05) is 32.0 Å². The number of nitrogens with zero attached hydrogens (tertiary/aromatic N) is 1. The Balaban J connectivity index is 1.82. The molecule has 0 fully saturated rings. The smallest absolute Gasteiger partial charge is 0.257 e. The summed E-state index contributed by atoms with van der Waals surface area (Å²) in [7, 11) is -2.27. The SMILES string of the molecule is COc1ccc(S(=O)(=O)c2ccc(C(=O)Nc3cc(C)ccc3C)cn2)cc1. The van der Waals surface area contributed by atoms with Crippen LogP contribution in [-0.2, 0) is 9.84 Å². The molecule has 6 nitrogen and oxygen atoms in total. The summed E-state index contributed by atoms with van der Waals surface area (Å²) in [5.74, 6) is 0.208. The number of sulfone groups is 1. The molecule has 0 aliphatic heterocycles. The highest BCUT2D eigenvalue weighted by Crippen LogP contribution is 2.22. The predicted molar refractivity (Wildman–Crippen MR) is 107 cm³/mol. The van der Waals surface area contributed by atoms with E-state index in [0.717, 1.165) is 11.1 Å². The molecule has 1 heterocycles. The second-order valence-corrected chi connectivity index (χ2v) is 8.23. The van der Waals surface area contributed by atoms with Crippen LogP contribution in [0.15, 0.2) is 70.7 Å². The molecule has 0 spiro atoms. The van der Waals surface area contributed by atoms with E-state index in [0.29, 0.717) is 11.4 Å². The molecule has 2 aromatic carbocycles. The first-order chi connectivity index (χ1) is 13.3. The summed E-state index contributed by atoms with van der Waals surface area (Å²) in [6.07, 6.45) is 1.26. The van der Waals surface area contributed by atoms with Crippen molar-refractivity contribution in [3.05, 3.63) is 77.5 Å². The number of aromatic nitrogens is 1. The lowest BCUT2D eigenvalue weighted by molar-refractivity contribution is 0.102. The van der Waals surface area contributed by atoms with Crippen molar-refractivity contribution in [2.45, 2.75) is 23.8 Å². The van der Waals surface area contributed by atoms with Crippen molar-refractivity contribution in [2.75, 3.05) is 12.4 Å². The van der Waals surface area contributed by atoms with Gasteiger partial charge in [-0.15, -0.1) is 0 Å². The number of pyridine rings is 1. The van der Waals surface area contributed by atoms with Crippen LogP contribution in [-0.4, -0.2) is 26.4 Å². The number of nitrogens with one attached hydrogen (secondary N) is 1. The predicted octanol–water partition coefficient (Wildman–Crippen LogP) is 3.79. The monoisotopic (exact) mass is 396 g/mol. The minimum Gasteiger partial charge on any atom is -0.497 e. The minimum atomic E-state index is -3.78. The van der Waals surface area contributed by atoms with Crippen molar-refractivity contribution < 1.29 is 17.9 Å². The van der Waals surface area contributed by atoms with Crippen molar-refractivity contribution in [3.8, 4) is 5.75 Å². The maximum Gasteiger partial charge on any atom is 0.257 e. The van der Waals surface area contributed by atoms with Crippen LogP contribution in [0.4, 0.5) is 5.69 Å². The van der Waals surface area contributed by atoms with Gasteiger partial charge in [-0.05, 0) is 67.4 Å². The van der Waals surface area contributed by atoms with Crippen LogP contribution in [0.2, 0.25) is 0 Å². The van der Waals surface area contributed by atoms with Gasteiger partial charge in [0.2, 0.25) is 9.84 Å². The Kier molecular flexibility index (Phi) is 5.46. The zero-order valence-electron chi connectivity index (χ0n) is 15.8. The number of rotatable bonds is 5. The number of carbonyl (C=O) groups is 1. The van der Waals surface area contributed by atoms with E-state index in [4.69, 9.17) is 4.74 Å². The van der Waals surface area contributed by atoms with Crippen LogP contribution in [0, 0.1) is 13.8 Å². The topological polar surface area (TPSA) is 85.4 Å². The largest absolute Gasteiger partial charge is 0.497 e. The number of methoxy groups -OCH3 is 1. The first-order valence-corrected chi connectivity index (χ1v) is 10.0. The first kappa shape index (κ1) is 19.6. The molecule has 3 aromatic rings. The number of carbonyl (C=O) groups excluding carboxylic acids is 1. The van der Waals surface area contributed by atoms with Gasteiger partial charge in [0, 0.05) is 11.9 Å². The molecule has 144 valence electrons. The van der Waals surface area contributed by atoms with Gasteiger partial charge in [0.25, 0.3) is 5.91 Å². The van der Waals surface area contributed by atoms with Gasteiger partial charge < -0.3 is 10.1 Å². The molecule has 0 radical (unpaired) electrons. The first-order valence-electron chi connectivity index (χ1n) is 8.55. The van der Waals surface area contributed by atoms with E-state index >= 15 is 0 Å². The van der Waals surface area contributed by atoms with Gasteiger partial charge in [0.1, 0.15) is 5.75 Å². The van der Waals surface area contributed by atoms with E-state index in [9.17, 15) is 13.2 Å². The molecular formula is C21H20N2O4S. The van der Waals surface area contributed by atoms with E-state index < -0.39 is 9.84 Å². The van der Waals surface area contributed by atoms with Gasteiger partial charge in [0.15, 0.2) is 5.03 Å². The van der Waals surface area contributed by atoms with Crippen molar-refractivity contribution in [1.82, 2.24) is 4.98 Å². The highest BCUT2D eigenvalue weighted by Gasteiger charge is 2.20. The fourth-order valence-electron chi connectivity index (χ4n) is 2.61. The Labute approximate surface area is 164 Å².